The van der Waals surface area contributed by atoms with E-state index in [1.54, 1.807) is 36.4 Å². The lowest BCUT2D eigenvalue weighted by atomic mass is 10.0. The Morgan fingerprint density at radius 1 is 0.684 bits per heavy atom. The van der Waals surface area contributed by atoms with Crippen molar-refractivity contribution in [2.45, 2.75) is 12.8 Å². The molecule has 10 heteroatoms. The third kappa shape index (κ3) is 8.49. The molecule has 2 N–H and O–H groups in total. The number of benzene rings is 2. The van der Waals surface area contributed by atoms with Crippen molar-refractivity contribution in [2.24, 2.45) is 0 Å². The van der Waals surface area contributed by atoms with Crippen LogP contribution in [0.3, 0.4) is 0 Å². The van der Waals surface area contributed by atoms with Crippen molar-refractivity contribution in [1.82, 2.24) is 9.80 Å². The number of hydrogen-bond acceptors (Lipinski definition) is 8. The minimum absolute atomic E-state index is 0.0880. The number of nitrogens with zero attached hydrogens (tertiary/aromatic N) is 2. The lowest BCUT2D eigenvalue weighted by Crippen LogP contribution is -2.27. The molecule has 2 aromatic rings. The van der Waals surface area contributed by atoms with Crippen LogP contribution in [-0.4, -0.2) is 75.9 Å². The Morgan fingerprint density at radius 2 is 1.08 bits per heavy atom. The van der Waals surface area contributed by atoms with Crippen molar-refractivity contribution in [3.8, 4) is 11.5 Å². The van der Waals surface area contributed by atoms with Gasteiger partial charge in [0.2, 0.25) is 11.6 Å². The molecule has 204 valence electrons. The van der Waals surface area contributed by atoms with E-state index in [-0.39, 0.29) is 21.5 Å². The average molecular weight is 562 g/mol. The molecule has 0 atom stereocenters. The molecule has 0 saturated heterocycles. The van der Waals surface area contributed by atoms with Gasteiger partial charge >= 0.3 is 0 Å². The van der Waals surface area contributed by atoms with E-state index in [0.29, 0.717) is 36.1 Å². The SMILES string of the molecule is CN(C)CCCOc1cccc(NC2=C(Cl)C(=O)C(Nc3cccc(OCCCN(C)C)c3)=C(Cl)C2=O)c1. The van der Waals surface area contributed by atoms with Gasteiger partial charge in [0.25, 0.3) is 0 Å². The van der Waals surface area contributed by atoms with E-state index in [1.165, 1.54) is 0 Å². The van der Waals surface area contributed by atoms with Gasteiger partial charge < -0.3 is 29.9 Å². The molecule has 0 aromatic heterocycles. The number of carbonyl (C=O) groups excluding carboxylic acids is 2. The second kappa shape index (κ2) is 14.2. The molecule has 0 amide bonds. The van der Waals surface area contributed by atoms with Crippen molar-refractivity contribution < 1.29 is 19.1 Å². The fraction of sp³-hybridized carbons (Fsp3) is 0.357. The maximum absolute atomic E-state index is 13.1. The summed E-state index contributed by atoms with van der Waals surface area (Å²) in [5.74, 6) is 0.0834. The minimum atomic E-state index is -0.591. The van der Waals surface area contributed by atoms with Gasteiger partial charge in [0.1, 0.15) is 33.0 Å². The number of nitrogens with one attached hydrogen (secondary N) is 2. The van der Waals surface area contributed by atoms with E-state index >= 15 is 0 Å². The Kier molecular flexibility index (Phi) is 11.0. The highest BCUT2D eigenvalue weighted by Gasteiger charge is 2.34. The van der Waals surface area contributed by atoms with Crippen LogP contribution in [0.5, 0.6) is 11.5 Å². The van der Waals surface area contributed by atoms with E-state index in [0.717, 1.165) is 25.9 Å². The van der Waals surface area contributed by atoms with E-state index in [2.05, 4.69) is 20.4 Å². The fourth-order valence-electron chi connectivity index (χ4n) is 3.63. The monoisotopic (exact) mass is 560 g/mol. The highest BCUT2D eigenvalue weighted by molar-refractivity contribution is 6.56. The highest BCUT2D eigenvalue weighted by Crippen LogP contribution is 2.32. The van der Waals surface area contributed by atoms with Gasteiger partial charge in [-0.15, -0.1) is 0 Å². The summed E-state index contributed by atoms with van der Waals surface area (Å²) in [6.07, 6.45) is 1.74. The lowest BCUT2D eigenvalue weighted by molar-refractivity contribution is -0.115. The van der Waals surface area contributed by atoms with Crippen LogP contribution < -0.4 is 20.1 Å². The van der Waals surface area contributed by atoms with Gasteiger partial charge in [0, 0.05) is 36.6 Å². The fourth-order valence-corrected chi connectivity index (χ4v) is 4.08. The Balaban J connectivity index is 1.67. The molecule has 0 radical (unpaired) electrons. The predicted molar refractivity (Wildman–Crippen MR) is 153 cm³/mol. The zero-order valence-electron chi connectivity index (χ0n) is 22.1. The summed E-state index contributed by atoms with van der Waals surface area (Å²) in [6.45, 7) is 2.92. The number of ketones is 2. The molecule has 2 aromatic carbocycles. The molecule has 0 bridgehead atoms. The van der Waals surface area contributed by atoms with Crippen LogP contribution in [0, 0.1) is 0 Å². The van der Waals surface area contributed by atoms with Crippen LogP contribution in [0.1, 0.15) is 12.8 Å². The number of anilines is 2. The topological polar surface area (TPSA) is 83.1 Å². The van der Waals surface area contributed by atoms with Crippen LogP contribution in [0.15, 0.2) is 70.0 Å². The summed E-state index contributed by atoms with van der Waals surface area (Å²) in [5.41, 5.74) is 0.915. The van der Waals surface area contributed by atoms with E-state index < -0.39 is 11.6 Å². The molecule has 0 spiro atoms. The normalized spacial score (nSPS) is 14.0. The first-order valence-electron chi connectivity index (χ1n) is 12.3. The molecular weight excluding hydrogens is 527 g/mol. The van der Waals surface area contributed by atoms with Crippen molar-refractivity contribution in [2.75, 3.05) is 65.1 Å². The molecular formula is C28H34Cl2N4O4. The van der Waals surface area contributed by atoms with Crippen molar-refractivity contribution in [3.63, 3.8) is 0 Å². The quantitative estimate of drug-likeness (QED) is 0.249. The van der Waals surface area contributed by atoms with Crippen LogP contribution >= 0.6 is 23.2 Å². The largest absolute Gasteiger partial charge is 0.493 e. The number of ether oxygens (including phenoxy) is 2. The molecule has 0 unspecified atom stereocenters. The number of hydrogen-bond donors (Lipinski definition) is 2. The summed E-state index contributed by atoms with van der Waals surface area (Å²) in [4.78, 5) is 30.3. The Hall–Kier alpha value is -3.04. The molecule has 0 aliphatic heterocycles. The van der Waals surface area contributed by atoms with Crippen LogP contribution in [0.4, 0.5) is 11.4 Å². The maximum Gasteiger partial charge on any atom is 0.224 e. The standard InChI is InChI=1S/C28H34Cl2N4O4/c1-33(2)13-7-15-37-21-11-5-9-19(17-21)31-25-23(29)28(36)26(24(30)27(25)35)32-20-10-6-12-22(18-20)38-16-8-14-34(3)4/h5-6,9-12,17-18,31-32H,7-8,13-16H2,1-4H3. The lowest BCUT2D eigenvalue weighted by Gasteiger charge is -2.20. The first kappa shape index (κ1) is 29.5. The van der Waals surface area contributed by atoms with E-state index in [9.17, 15) is 9.59 Å². The Labute approximate surface area is 234 Å². The van der Waals surface area contributed by atoms with Crippen LogP contribution in [-0.2, 0) is 9.59 Å². The Bertz CT molecular complexity index is 1120. The number of allylic oxidation sites excluding steroid dienone is 2. The number of carbonyl (C=O) groups is 2. The van der Waals surface area contributed by atoms with Gasteiger partial charge in [0.15, 0.2) is 0 Å². The molecule has 3 rings (SSSR count). The van der Waals surface area contributed by atoms with Gasteiger partial charge in [-0.2, -0.15) is 0 Å². The number of rotatable bonds is 14. The second-order valence-corrected chi connectivity index (χ2v) is 10.1. The van der Waals surface area contributed by atoms with Gasteiger partial charge in [-0.1, -0.05) is 35.3 Å². The van der Waals surface area contributed by atoms with Crippen molar-refractivity contribution in [1.29, 1.82) is 0 Å². The van der Waals surface area contributed by atoms with Gasteiger partial charge in [-0.3, -0.25) is 9.59 Å². The molecule has 0 heterocycles. The van der Waals surface area contributed by atoms with Crippen molar-refractivity contribution in [3.05, 3.63) is 70.0 Å². The summed E-state index contributed by atoms with van der Waals surface area (Å²) < 4.78 is 11.6. The maximum atomic E-state index is 13.1. The first-order chi connectivity index (χ1) is 18.2. The van der Waals surface area contributed by atoms with Crippen LogP contribution in [0.2, 0.25) is 0 Å². The highest BCUT2D eigenvalue weighted by atomic mass is 35.5. The number of halogens is 2. The third-order valence-corrected chi connectivity index (χ3v) is 6.26. The minimum Gasteiger partial charge on any atom is -0.493 e. The predicted octanol–water partition coefficient (Wildman–Crippen LogP) is 4.92. The smallest absolute Gasteiger partial charge is 0.224 e. The zero-order chi connectivity index (χ0) is 27.7. The molecule has 1 aliphatic carbocycles. The molecule has 8 nitrogen and oxygen atoms in total. The molecule has 1 aliphatic rings. The summed E-state index contributed by atoms with van der Waals surface area (Å²) in [7, 11) is 8.02. The number of Topliss-reactive ketones (excluding diaryl/α,β-unsaturated/α-hetero) is 2. The average Bonchev–Trinajstić information content (AvgIpc) is 2.89. The van der Waals surface area contributed by atoms with E-state index in [4.69, 9.17) is 32.7 Å². The van der Waals surface area contributed by atoms with Gasteiger partial charge in [-0.25, -0.2) is 0 Å². The zero-order valence-corrected chi connectivity index (χ0v) is 23.7. The van der Waals surface area contributed by atoms with Crippen molar-refractivity contribution >= 4 is 46.1 Å². The summed E-state index contributed by atoms with van der Waals surface area (Å²) >= 11 is 12.7. The molecule has 38 heavy (non-hydrogen) atoms. The van der Waals surface area contributed by atoms with Crippen LogP contribution in [0.25, 0.3) is 0 Å². The second-order valence-electron chi connectivity index (χ2n) is 9.35. The molecule has 0 fully saturated rings. The first-order valence-corrected chi connectivity index (χ1v) is 13.1. The van der Waals surface area contributed by atoms with Gasteiger partial charge in [0.05, 0.1) is 13.2 Å². The third-order valence-electron chi connectivity index (χ3n) is 5.54. The van der Waals surface area contributed by atoms with E-state index in [1.807, 2.05) is 40.3 Å². The summed E-state index contributed by atoms with van der Waals surface area (Å²) in [6, 6.07) is 14.2. The van der Waals surface area contributed by atoms with Gasteiger partial charge in [-0.05, 0) is 65.3 Å². The summed E-state index contributed by atoms with van der Waals surface area (Å²) in [5, 5.41) is 5.37. The Morgan fingerprint density at radius 3 is 1.45 bits per heavy atom. The molecule has 0 saturated carbocycles.